The molecule has 0 spiro atoms. The number of methoxy groups -OCH3 is 1. The van der Waals surface area contributed by atoms with Crippen molar-refractivity contribution in [3.8, 4) is 17.0 Å². The van der Waals surface area contributed by atoms with E-state index in [0.717, 1.165) is 11.3 Å². The van der Waals surface area contributed by atoms with Gasteiger partial charge in [-0.2, -0.15) is 0 Å². The van der Waals surface area contributed by atoms with Gasteiger partial charge < -0.3 is 4.74 Å². The molecule has 1 heterocycles. The zero-order chi connectivity index (χ0) is 10.7. The van der Waals surface area contributed by atoms with Crippen molar-refractivity contribution in [2.75, 3.05) is 7.11 Å². The Labute approximate surface area is 89.6 Å². The largest absolute Gasteiger partial charge is 0.481 e. The number of hydrogen-bond donors (Lipinski definition) is 0. The second kappa shape index (κ2) is 4.13. The predicted octanol–water partition coefficient (Wildman–Crippen LogP) is 3.07. The average Bonchev–Trinajstić information content (AvgIpc) is 2.29. The molecule has 0 aliphatic heterocycles. The van der Waals surface area contributed by atoms with Crippen LogP contribution >= 0.6 is 0 Å². The maximum atomic E-state index is 5.15. The van der Waals surface area contributed by atoms with Crippen LogP contribution in [0.2, 0.25) is 0 Å². The third kappa shape index (κ3) is 2.15. The number of pyridine rings is 1. The van der Waals surface area contributed by atoms with Gasteiger partial charge in [-0.05, 0) is 24.1 Å². The van der Waals surface area contributed by atoms with Gasteiger partial charge in [0.1, 0.15) is 0 Å². The van der Waals surface area contributed by atoms with E-state index < -0.39 is 0 Å². The summed E-state index contributed by atoms with van der Waals surface area (Å²) < 4.78 is 5.15. The molecule has 0 N–H and O–H groups in total. The molecular formula is C13H13NO. The Bertz CT molecular complexity index is 451. The molecular weight excluding hydrogens is 186 g/mol. The van der Waals surface area contributed by atoms with E-state index >= 15 is 0 Å². The second-order valence-electron chi connectivity index (χ2n) is 3.41. The van der Waals surface area contributed by atoms with E-state index in [9.17, 15) is 0 Å². The smallest absolute Gasteiger partial charge is 0.213 e. The molecule has 1 aromatic heterocycles. The van der Waals surface area contributed by atoms with Gasteiger partial charge in [0.05, 0.1) is 7.11 Å². The SMILES string of the molecule is COc1cc(-c2ccccc2)cc(C)n1. The highest BCUT2D eigenvalue weighted by atomic mass is 16.5. The van der Waals surface area contributed by atoms with E-state index in [1.54, 1.807) is 7.11 Å². The van der Waals surface area contributed by atoms with Crippen molar-refractivity contribution in [3.63, 3.8) is 0 Å². The summed E-state index contributed by atoms with van der Waals surface area (Å²) in [5.41, 5.74) is 3.29. The summed E-state index contributed by atoms with van der Waals surface area (Å²) in [6.45, 7) is 1.97. The monoisotopic (exact) mass is 199 g/mol. The van der Waals surface area contributed by atoms with E-state index in [1.807, 2.05) is 31.2 Å². The van der Waals surface area contributed by atoms with Crippen LogP contribution in [0.1, 0.15) is 5.69 Å². The summed E-state index contributed by atoms with van der Waals surface area (Å²) >= 11 is 0. The van der Waals surface area contributed by atoms with Crippen LogP contribution in [0, 0.1) is 6.92 Å². The Kier molecular flexibility index (Phi) is 2.68. The van der Waals surface area contributed by atoms with Crippen molar-refractivity contribution < 1.29 is 4.74 Å². The Morgan fingerprint density at radius 1 is 1.00 bits per heavy atom. The van der Waals surface area contributed by atoms with Crippen molar-refractivity contribution >= 4 is 0 Å². The van der Waals surface area contributed by atoms with Gasteiger partial charge in [-0.15, -0.1) is 0 Å². The van der Waals surface area contributed by atoms with Crippen LogP contribution < -0.4 is 4.74 Å². The summed E-state index contributed by atoms with van der Waals surface area (Å²) in [5, 5.41) is 0. The van der Waals surface area contributed by atoms with Crippen LogP contribution in [0.3, 0.4) is 0 Å². The average molecular weight is 199 g/mol. The van der Waals surface area contributed by atoms with Crippen LogP contribution in [-0.4, -0.2) is 12.1 Å². The Hall–Kier alpha value is -1.83. The first-order valence-corrected chi connectivity index (χ1v) is 4.87. The summed E-state index contributed by atoms with van der Waals surface area (Å²) in [4.78, 5) is 4.26. The summed E-state index contributed by atoms with van der Waals surface area (Å²) in [6.07, 6.45) is 0. The molecule has 0 fully saturated rings. The van der Waals surface area contributed by atoms with Crippen LogP contribution in [0.4, 0.5) is 0 Å². The van der Waals surface area contributed by atoms with Gasteiger partial charge in [-0.25, -0.2) is 4.98 Å². The molecule has 2 heteroatoms. The number of benzene rings is 1. The van der Waals surface area contributed by atoms with Crippen molar-refractivity contribution in [2.24, 2.45) is 0 Å². The Morgan fingerprint density at radius 3 is 2.40 bits per heavy atom. The second-order valence-corrected chi connectivity index (χ2v) is 3.41. The van der Waals surface area contributed by atoms with Gasteiger partial charge >= 0.3 is 0 Å². The van der Waals surface area contributed by atoms with E-state index in [0.29, 0.717) is 5.88 Å². The Balaban J connectivity index is 2.49. The van der Waals surface area contributed by atoms with Crippen molar-refractivity contribution in [2.45, 2.75) is 6.92 Å². The van der Waals surface area contributed by atoms with Crippen molar-refractivity contribution in [1.29, 1.82) is 0 Å². The number of hydrogen-bond acceptors (Lipinski definition) is 2. The fourth-order valence-electron chi connectivity index (χ4n) is 1.54. The van der Waals surface area contributed by atoms with Gasteiger partial charge in [0.25, 0.3) is 0 Å². The van der Waals surface area contributed by atoms with Crippen LogP contribution in [0.5, 0.6) is 5.88 Å². The fourth-order valence-corrected chi connectivity index (χ4v) is 1.54. The molecule has 2 aromatic rings. The standard InChI is InChI=1S/C13H13NO/c1-10-8-12(9-13(14-10)15-2)11-6-4-3-5-7-11/h3-9H,1-2H3. The number of aryl methyl sites for hydroxylation is 1. The van der Waals surface area contributed by atoms with Crippen LogP contribution in [0.25, 0.3) is 11.1 Å². The molecule has 0 aliphatic carbocycles. The van der Waals surface area contributed by atoms with E-state index in [4.69, 9.17) is 4.74 Å². The summed E-state index contributed by atoms with van der Waals surface area (Å²) in [7, 11) is 1.64. The van der Waals surface area contributed by atoms with E-state index in [2.05, 4.69) is 23.2 Å². The molecule has 0 radical (unpaired) electrons. The topological polar surface area (TPSA) is 22.1 Å². The normalized spacial score (nSPS) is 10.0. The number of rotatable bonds is 2. The highest BCUT2D eigenvalue weighted by molar-refractivity contribution is 5.64. The fraction of sp³-hybridized carbons (Fsp3) is 0.154. The molecule has 0 amide bonds. The lowest BCUT2D eigenvalue weighted by Crippen LogP contribution is -1.91. The zero-order valence-corrected chi connectivity index (χ0v) is 8.90. The Morgan fingerprint density at radius 2 is 1.73 bits per heavy atom. The molecule has 0 aliphatic rings. The molecule has 0 atom stereocenters. The molecule has 2 nitrogen and oxygen atoms in total. The maximum absolute atomic E-state index is 5.15. The minimum absolute atomic E-state index is 0.661. The first-order valence-electron chi connectivity index (χ1n) is 4.87. The number of aromatic nitrogens is 1. The van der Waals surface area contributed by atoms with Crippen molar-refractivity contribution in [3.05, 3.63) is 48.2 Å². The van der Waals surface area contributed by atoms with Crippen LogP contribution in [-0.2, 0) is 0 Å². The molecule has 2 rings (SSSR count). The lowest BCUT2D eigenvalue weighted by Gasteiger charge is -2.05. The zero-order valence-electron chi connectivity index (χ0n) is 8.90. The van der Waals surface area contributed by atoms with E-state index in [-0.39, 0.29) is 0 Å². The molecule has 0 unspecified atom stereocenters. The lowest BCUT2D eigenvalue weighted by atomic mass is 10.1. The lowest BCUT2D eigenvalue weighted by molar-refractivity contribution is 0.397. The minimum atomic E-state index is 0.661. The first-order chi connectivity index (χ1) is 7.29. The predicted molar refractivity (Wildman–Crippen MR) is 61.0 cm³/mol. The number of ether oxygens (including phenoxy) is 1. The van der Waals surface area contributed by atoms with Crippen molar-refractivity contribution in [1.82, 2.24) is 4.98 Å². The van der Waals surface area contributed by atoms with Crippen LogP contribution in [0.15, 0.2) is 42.5 Å². The maximum Gasteiger partial charge on any atom is 0.213 e. The summed E-state index contributed by atoms with van der Waals surface area (Å²) in [6, 6.07) is 14.2. The highest BCUT2D eigenvalue weighted by Crippen LogP contribution is 2.23. The van der Waals surface area contributed by atoms with E-state index in [1.165, 1.54) is 5.56 Å². The molecule has 0 bridgehead atoms. The highest BCUT2D eigenvalue weighted by Gasteiger charge is 2.01. The van der Waals surface area contributed by atoms with Gasteiger partial charge in [0, 0.05) is 11.8 Å². The number of nitrogens with zero attached hydrogens (tertiary/aromatic N) is 1. The van der Waals surface area contributed by atoms with Gasteiger partial charge in [0.2, 0.25) is 5.88 Å². The summed E-state index contributed by atoms with van der Waals surface area (Å²) in [5.74, 6) is 0.661. The van der Waals surface area contributed by atoms with Gasteiger partial charge in [-0.3, -0.25) is 0 Å². The third-order valence-corrected chi connectivity index (χ3v) is 2.25. The third-order valence-electron chi connectivity index (χ3n) is 2.25. The quantitative estimate of drug-likeness (QED) is 0.741. The molecule has 15 heavy (non-hydrogen) atoms. The van der Waals surface area contributed by atoms with Gasteiger partial charge in [-0.1, -0.05) is 30.3 Å². The minimum Gasteiger partial charge on any atom is -0.481 e. The molecule has 0 saturated heterocycles. The molecule has 76 valence electrons. The van der Waals surface area contributed by atoms with Gasteiger partial charge in [0.15, 0.2) is 0 Å². The first kappa shape index (κ1) is 9.71. The molecule has 0 saturated carbocycles. The molecule has 1 aromatic carbocycles.